The third kappa shape index (κ3) is 6.41. The fourth-order valence-electron chi connectivity index (χ4n) is 2.67. The minimum absolute atomic E-state index is 0.487. The minimum Gasteiger partial charge on any atom is -0.310 e. The summed E-state index contributed by atoms with van der Waals surface area (Å²) in [4.78, 5) is 0. The van der Waals surface area contributed by atoms with Gasteiger partial charge in [0.2, 0.25) is 0 Å². The lowest BCUT2D eigenvalue weighted by Gasteiger charge is -2.20. The first kappa shape index (κ1) is 17.7. The molecule has 2 heteroatoms. The van der Waals surface area contributed by atoms with Gasteiger partial charge in [-0.05, 0) is 31.5 Å². The molecule has 0 radical (unpaired) electrons. The van der Waals surface area contributed by atoms with Crippen molar-refractivity contribution in [2.75, 3.05) is 6.54 Å². The average molecular weight is 340 g/mol. The van der Waals surface area contributed by atoms with Crippen molar-refractivity contribution < 1.29 is 0 Å². The van der Waals surface area contributed by atoms with E-state index in [0.717, 1.165) is 6.54 Å². The van der Waals surface area contributed by atoms with Crippen molar-refractivity contribution in [2.24, 2.45) is 0 Å². The van der Waals surface area contributed by atoms with E-state index in [-0.39, 0.29) is 0 Å². The topological polar surface area (TPSA) is 12.0 Å². The predicted molar refractivity (Wildman–Crippen MR) is 93.3 cm³/mol. The van der Waals surface area contributed by atoms with Gasteiger partial charge in [-0.15, -0.1) is 0 Å². The second-order valence-corrected chi connectivity index (χ2v) is 6.55. The zero-order valence-corrected chi connectivity index (χ0v) is 14.9. The van der Waals surface area contributed by atoms with Crippen LogP contribution in [0.3, 0.4) is 0 Å². The number of hydrogen-bond donors (Lipinski definition) is 1. The molecule has 0 amide bonds. The van der Waals surface area contributed by atoms with Crippen LogP contribution in [0.5, 0.6) is 0 Å². The molecule has 20 heavy (non-hydrogen) atoms. The van der Waals surface area contributed by atoms with Crippen LogP contribution in [0, 0.1) is 6.92 Å². The zero-order chi connectivity index (χ0) is 14.8. The third-order valence-corrected chi connectivity index (χ3v) is 4.55. The highest BCUT2D eigenvalue weighted by Gasteiger charge is 2.13. The van der Waals surface area contributed by atoms with Gasteiger partial charge in [0.05, 0.1) is 0 Å². The Balaban J connectivity index is 2.49. The number of unbranched alkanes of at least 4 members (excludes halogenated alkanes) is 5. The maximum absolute atomic E-state index is 3.70. The molecule has 0 aliphatic heterocycles. The maximum atomic E-state index is 3.70. The highest BCUT2D eigenvalue weighted by molar-refractivity contribution is 9.10. The molecule has 0 bridgehead atoms. The Hall–Kier alpha value is -0.340. The molecule has 114 valence electrons. The summed E-state index contributed by atoms with van der Waals surface area (Å²) in [5, 5.41) is 3.64. The molecule has 1 nitrogen and oxygen atoms in total. The van der Waals surface area contributed by atoms with E-state index in [0.29, 0.717) is 6.04 Å². The van der Waals surface area contributed by atoms with Crippen molar-refractivity contribution in [3.05, 3.63) is 33.8 Å². The van der Waals surface area contributed by atoms with Crippen LogP contribution in [0.15, 0.2) is 22.7 Å². The first-order valence-electron chi connectivity index (χ1n) is 8.18. The SMILES string of the molecule is CCCCCCCCC(NCC)c1cc(C)ccc1Br. The van der Waals surface area contributed by atoms with E-state index in [1.54, 1.807) is 0 Å². The van der Waals surface area contributed by atoms with E-state index in [9.17, 15) is 0 Å². The molecule has 0 aliphatic carbocycles. The Kier molecular flexibility index (Phi) is 9.21. The Morgan fingerprint density at radius 3 is 2.45 bits per heavy atom. The summed E-state index contributed by atoms with van der Waals surface area (Å²) in [5.41, 5.74) is 2.76. The minimum atomic E-state index is 0.487. The van der Waals surface area contributed by atoms with Gasteiger partial charge in [-0.1, -0.05) is 86.0 Å². The van der Waals surface area contributed by atoms with Crippen molar-refractivity contribution in [2.45, 2.75) is 71.8 Å². The van der Waals surface area contributed by atoms with Crippen LogP contribution in [0.1, 0.15) is 76.0 Å². The molecule has 1 aromatic carbocycles. The first-order chi connectivity index (χ1) is 9.69. The summed E-state index contributed by atoms with van der Waals surface area (Å²) in [7, 11) is 0. The molecule has 0 spiro atoms. The number of benzene rings is 1. The van der Waals surface area contributed by atoms with Crippen LogP contribution >= 0.6 is 15.9 Å². The van der Waals surface area contributed by atoms with Crippen molar-refractivity contribution in [3.63, 3.8) is 0 Å². The standard InChI is InChI=1S/C18H30BrN/c1-4-6-7-8-9-10-11-18(20-5-2)16-14-15(3)12-13-17(16)19/h12-14,18,20H,4-11H2,1-3H3. The van der Waals surface area contributed by atoms with E-state index in [2.05, 4.69) is 60.2 Å². The molecule has 1 atom stereocenters. The molecule has 0 saturated carbocycles. The number of nitrogens with one attached hydrogen (secondary N) is 1. The van der Waals surface area contributed by atoms with Crippen LogP contribution in [-0.4, -0.2) is 6.54 Å². The van der Waals surface area contributed by atoms with Crippen molar-refractivity contribution in [3.8, 4) is 0 Å². The lowest BCUT2D eigenvalue weighted by molar-refractivity contribution is 0.475. The van der Waals surface area contributed by atoms with E-state index in [4.69, 9.17) is 0 Å². The Labute approximate surface area is 133 Å². The third-order valence-electron chi connectivity index (χ3n) is 3.82. The molecule has 1 N–H and O–H groups in total. The summed E-state index contributed by atoms with van der Waals surface area (Å²) < 4.78 is 1.24. The summed E-state index contributed by atoms with van der Waals surface area (Å²) in [6, 6.07) is 7.15. The molecule has 0 saturated heterocycles. The van der Waals surface area contributed by atoms with Crippen LogP contribution in [-0.2, 0) is 0 Å². The normalized spacial score (nSPS) is 12.6. The molecular formula is C18H30BrN. The number of rotatable bonds is 10. The fourth-order valence-corrected chi connectivity index (χ4v) is 3.20. The zero-order valence-electron chi connectivity index (χ0n) is 13.3. The molecule has 0 aromatic heterocycles. The lowest BCUT2D eigenvalue weighted by atomic mass is 9.98. The molecular weight excluding hydrogens is 310 g/mol. The van der Waals surface area contributed by atoms with Gasteiger partial charge in [0, 0.05) is 10.5 Å². The molecule has 1 rings (SSSR count). The van der Waals surface area contributed by atoms with Gasteiger partial charge < -0.3 is 5.32 Å². The molecule has 0 fully saturated rings. The Morgan fingerprint density at radius 2 is 1.75 bits per heavy atom. The van der Waals surface area contributed by atoms with E-state index in [1.165, 1.54) is 60.5 Å². The van der Waals surface area contributed by atoms with Crippen LogP contribution < -0.4 is 5.32 Å². The molecule has 0 heterocycles. The van der Waals surface area contributed by atoms with Gasteiger partial charge in [-0.2, -0.15) is 0 Å². The maximum Gasteiger partial charge on any atom is 0.0331 e. The average Bonchev–Trinajstić information content (AvgIpc) is 2.44. The fraction of sp³-hybridized carbons (Fsp3) is 0.667. The second kappa shape index (κ2) is 10.4. The summed E-state index contributed by atoms with van der Waals surface area (Å²) in [6.07, 6.45) is 9.43. The first-order valence-corrected chi connectivity index (χ1v) is 8.97. The van der Waals surface area contributed by atoms with E-state index in [1.807, 2.05) is 0 Å². The predicted octanol–water partition coefficient (Wildman–Crippen LogP) is 6.16. The molecule has 1 unspecified atom stereocenters. The largest absolute Gasteiger partial charge is 0.310 e. The smallest absolute Gasteiger partial charge is 0.0331 e. The van der Waals surface area contributed by atoms with Gasteiger partial charge in [0.15, 0.2) is 0 Å². The quantitative estimate of drug-likeness (QED) is 0.503. The monoisotopic (exact) mass is 339 g/mol. The van der Waals surface area contributed by atoms with Crippen LogP contribution in [0.2, 0.25) is 0 Å². The van der Waals surface area contributed by atoms with Gasteiger partial charge in [0.1, 0.15) is 0 Å². The van der Waals surface area contributed by atoms with Gasteiger partial charge in [-0.25, -0.2) is 0 Å². The highest BCUT2D eigenvalue weighted by Crippen LogP contribution is 2.28. The number of halogens is 1. The van der Waals surface area contributed by atoms with Crippen LogP contribution in [0.4, 0.5) is 0 Å². The van der Waals surface area contributed by atoms with E-state index >= 15 is 0 Å². The second-order valence-electron chi connectivity index (χ2n) is 5.69. The molecule has 0 aliphatic rings. The highest BCUT2D eigenvalue weighted by atomic mass is 79.9. The number of hydrogen-bond acceptors (Lipinski definition) is 1. The summed E-state index contributed by atoms with van der Waals surface area (Å²) >= 11 is 3.70. The Bertz CT molecular complexity index is 376. The van der Waals surface area contributed by atoms with Gasteiger partial charge in [0.25, 0.3) is 0 Å². The van der Waals surface area contributed by atoms with Crippen molar-refractivity contribution in [1.29, 1.82) is 0 Å². The molecule has 1 aromatic rings. The summed E-state index contributed by atoms with van der Waals surface area (Å²) in [5.74, 6) is 0. The van der Waals surface area contributed by atoms with Gasteiger partial charge in [-0.3, -0.25) is 0 Å². The Morgan fingerprint density at radius 1 is 1.05 bits per heavy atom. The number of aryl methyl sites for hydroxylation is 1. The lowest BCUT2D eigenvalue weighted by Crippen LogP contribution is -2.21. The van der Waals surface area contributed by atoms with Crippen LogP contribution in [0.25, 0.3) is 0 Å². The van der Waals surface area contributed by atoms with E-state index < -0.39 is 0 Å². The van der Waals surface area contributed by atoms with Gasteiger partial charge >= 0.3 is 0 Å². The summed E-state index contributed by atoms with van der Waals surface area (Å²) in [6.45, 7) is 7.67. The van der Waals surface area contributed by atoms with Crippen molar-refractivity contribution in [1.82, 2.24) is 5.32 Å². The van der Waals surface area contributed by atoms with Crippen molar-refractivity contribution >= 4 is 15.9 Å².